The van der Waals surface area contributed by atoms with Crippen LogP contribution in [0.2, 0.25) is 0 Å². The second-order valence-electron chi connectivity index (χ2n) is 6.16. The topological polar surface area (TPSA) is 92.4 Å². The lowest BCUT2D eigenvalue weighted by Gasteiger charge is -2.32. The summed E-state index contributed by atoms with van der Waals surface area (Å²) in [6, 6.07) is 9.71. The van der Waals surface area contributed by atoms with E-state index in [1.807, 2.05) is 37.3 Å². The zero-order valence-corrected chi connectivity index (χ0v) is 13.5. The highest BCUT2D eigenvalue weighted by atomic mass is 16.4. The lowest BCUT2D eigenvalue weighted by atomic mass is 9.80. The number of aliphatic carboxylic acids is 1. The van der Waals surface area contributed by atoms with Gasteiger partial charge in [0, 0.05) is 24.4 Å². The minimum absolute atomic E-state index is 0.0234. The Bertz CT molecular complexity index is 733. The molecular formula is C18H20N2O4. The van der Waals surface area contributed by atoms with Gasteiger partial charge >= 0.3 is 5.97 Å². The monoisotopic (exact) mass is 328 g/mol. The molecule has 2 aromatic rings. The van der Waals surface area contributed by atoms with Crippen LogP contribution in [-0.4, -0.2) is 28.0 Å². The Kier molecular flexibility index (Phi) is 4.64. The fraction of sp³-hybridized carbons (Fsp3) is 0.389. The van der Waals surface area contributed by atoms with Crippen LogP contribution in [0.5, 0.6) is 0 Å². The molecule has 1 aromatic carbocycles. The van der Waals surface area contributed by atoms with Crippen LogP contribution in [0.15, 0.2) is 34.7 Å². The van der Waals surface area contributed by atoms with Crippen LogP contribution in [0, 0.1) is 12.8 Å². The number of aromatic nitrogens is 1. The van der Waals surface area contributed by atoms with Crippen molar-refractivity contribution in [3.05, 3.63) is 41.9 Å². The van der Waals surface area contributed by atoms with Crippen molar-refractivity contribution in [1.82, 2.24) is 10.3 Å². The van der Waals surface area contributed by atoms with E-state index < -0.39 is 5.97 Å². The van der Waals surface area contributed by atoms with Crippen LogP contribution in [0.4, 0.5) is 0 Å². The molecule has 0 aliphatic heterocycles. The number of carboxylic acids is 1. The molecule has 126 valence electrons. The van der Waals surface area contributed by atoms with E-state index in [1.54, 1.807) is 0 Å². The quantitative estimate of drug-likeness (QED) is 0.850. The second kappa shape index (κ2) is 6.86. The Hall–Kier alpha value is -2.63. The summed E-state index contributed by atoms with van der Waals surface area (Å²) in [5.74, 6) is 0.0658. The molecule has 3 rings (SSSR count). The van der Waals surface area contributed by atoms with Gasteiger partial charge in [-0.2, -0.15) is 0 Å². The van der Waals surface area contributed by atoms with Gasteiger partial charge in [0.25, 0.3) is 0 Å². The number of oxazole rings is 1. The maximum atomic E-state index is 11.9. The molecule has 0 bridgehead atoms. The number of carbonyl (C=O) groups excluding carboxylic acids is 1. The maximum absolute atomic E-state index is 11.9. The predicted molar refractivity (Wildman–Crippen MR) is 87.3 cm³/mol. The molecule has 1 aromatic heterocycles. The summed E-state index contributed by atoms with van der Waals surface area (Å²) in [4.78, 5) is 27.1. The molecule has 1 heterocycles. The molecule has 0 saturated heterocycles. The predicted octanol–water partition coefficient (Wildman–Crippen LogP) is 2.56. The van der Waals surface area contributed by atoms with Gasteiger partial charge in [-0.15, -0.1) is 0 Å². The SMILES string of the molecule is Cc1nc(CCC(=O)NC2CC(C(=O)O)C2)oc1-c1ccccc1. The number of amides is 1. The molecule has 1 aliphatic rings. The third-order valence-corrected chi connectivity index (χ3v) is 4.30. The summed E-state index contributed by atoms with van der Waals surface area (Å²) in [5, 5.41) is 11.7. The lowest BCUT2D eigenvalue weighted by Crippen LogP contribution is -2.46. The zero-order valence-electron chi connectivity index (χ0n) is 13.5. The minimum atomic E-state index is -0.788. The number of rotatable bonds is 6. The Morgan fingerprint density at radius 3 is 2.67 bits per heavy atom. The molecule has 1 amide bonds. The van der Waals surface area contributed by atoms with E-state index in [-0.39, 0.29) is 24.3 Å². The van der Waals surface area contributed by atoms with Crippen molar-refractivity contribution in [3.8, 4) is 11.3 Å². The van der Waals surface area contributed by atoms with E-state index >= 15 is 0 Å². The zero-order chi connectivity index (χ0) is 17.1. The third-order valence-electron chi connectivity index (χ3n) is 4.30. The number of hydrogen-bond acceptors (Lipinski definition) is 4. The van der Waals surface area contributed by atoms with Crippen LogP contribution in [0.1, 0.15) is 30.8 Å². The van der Waals surface area contributed by atoms with Crippen molar-refractivity contribution in [3.63, 3.8) is 0 Å². The number of nitrogens with zero attached hydrogens (tertiary/aromatic N) is 1. The van der Waals surface area contributed by atoms with Gasteiger partial charge in [0.05, 0.1) is 11.6 Å². The van der Waals surface area contributed by atoms with E-state index in [1.165, 1.54) is 0 Å². The van der Waals surface area contributed by atoms with Crippen molar-refractivity contribution in [1.29, 1.82) is 0 Å². The summed E-state index contributed by atoms with van der Waals surface area (Å²) in [6.07, 6.45) is 1.73. The van der Waals surface area contributed by atoms with Gasteiger partial charge in [-0.1, -0.05) is 30.3 Å². The first-order valence-corrected chi connectivity index (χ1v) is 8.07. The molecule has 0 radical (unpaired) electrons. The second-order valence-corrected chi connectivity index (χ2v) is 6.16. The highest BCUT2D eigenvalue weighted by Gasteiger charge is 2.35. The first-order valence-electron chi connectivity index (χ1n) is 8.07. The van der Waals surface area contributed by atoms with E-state index in [9.17, 15) is 9.59 Å². The molecule has 1 fully saturated rings. The number of carboxylic acid groups (broad SMARTS) is 1. The first kappa shape index (κ1) is 16.2. The molecule has 1 saturated carbocycles. The summed E-state index contributed by atoms with van der Waals surface area (Å²) >= 11 is 0. The number of hydrogen-bond donors (Lipinski definition) is 2. The fourth-order valence-electron chi connectivity index (χ4n) is 2.87. The normalized spacial score (nSPS) is 19.5. The maximum Gasteiger partial charge on any atom is 0.306 e. The molecule has 0 unspecified atom stereocenters. The molecule has 0 spiro atoms. The van der Waals surface area contributed by atoms with Gasteiger partial charge < -0.3 is 14.8 Å². The van der Waals surface area contributed by atoms with Crippen molar-refractivity contribution < 1.29 is 19.1 Å². The molecule has 2 N–H and O–H groups in total. The van der Waals surface area contributed by atoms with Crippen molar-refractivity contribution in [2.24, 2.45) is 5.92 Å². The summed E-state index contributed by atoms with van der Waals surface area (Å²) in [7, 11) is 0. The Labute approximate surface area is 139 Å². The van der Waals surface area contributed by atoms with Crippen LogP contribution in [0.25, 0.3) is 11.3 Å². The molecule has 1 aliphatic carbocycles. The average molecular weight is 328 g/mol. The number of aryl methyl sites for hydroxylation is 2. The van der Waals surface area contributed by atoms with E-state index in [0.29, 0.717) is 25.2 Å². The van der Waals surface area contributed by atoms with Crippen LogP contribution < -0.4 is 5.32 Å². The standard InChI is InChI=1S/C18H20N2O4/c1-11-17(12-5-3-2-4-6-12)24-16(19-11)8-7-15(21)20-14-9-13(10-14)18(22)23/h2-6,13-14H,7-10H2,1H3,(H,20,21)(H,22,23). The Balaban J connectivity index is 1.50. The molecule has 24 heavy (non-hydrogen) atoms. The molecular weight excluding hydrogens is 308 g/mol. The lowest BCUT2D eigenvalue weighted by molar-refractivity contribution is -0.146. The van der Waals surface area contributed by atoms with Gasteiger partial charge in [0.2, 0.25) is 5.91 Å². The van der Waals surface area contributed by atoms with E-state index in [0.717, 1.165) is 17.0 Å². The molecule has 6 nitrogen and oxygen atoms in total. The van der Waals surface area contributed by atoms with Crippen LogP contribution in [-0.2, 0) is 16.0 Å². The number of carbonyl (C=O) groups is 2. The van der Waals surface area contributed by atoms with Crippen LogP contribution >= 0.6 is 0 Å². The van der Waals surface area contributed by atoms with Crippen molar-refractivity contribution in [2.45, 2.75) is 38.6 Å². The van der Waals surface area contributed by atoms with E-state index in [2.05, 4.69) is 10.3 Å². The number of nitrogens with one attached hydrogen (secondary N) is 1. The number of benzene rings is 1. The summed E-state index contributed by atoms with van der Waals surface area (Å²) < 4.78 is 5.78. The summed E-state index contributed by atoms with van der Waals surface area (Å²) in [5.41, 5.74) is 1.77. The minimum Gasteiger partial charge on any atom is -0.481 e. The van der Waals surface area contributed by atoms with Gasteiger partial charge in [0.15, 0.2) is 11.7 Å². The van der Waals surface area contributed by atoms with E-state index in [4.69, 9.17) is 9.52 Å². The van der Waals surface area contributed by atoms with Gasteiger partial charge in [-0.25, -0.2) is 4.98 Å². The average Bonchev–Trinajstić information content (AvgIpc) is 2.90. The summed E-state index contributed by atoms with van der Waals surface area (Å²) in [6.45, 7) is 1.88. The highest BCUT2D eigenvalue weighted by Crippen LogP contribution is 2.28. The smallest absolute Gasteiger partial charge is 0.306 e. The van der Waals surface area contributed by atoms with Crippen molar-refractivity contribution >= 4 is 11.9 Å². The fourth-order valence-corrected chi connectivity index (χ4v) is 2.87. The first-order chi connectivity index (χ1) is 11.5. The largest absolute Gasteiger partial charge is 0.481 e. The molecule has 6 heteroatoms. The third kappa shape index (κ3) is 3.64. The Morgan fingerprint density at radius 2 is 2.00 bits per heavy atom. The van der Waals surface area contributed by atoms with Gasteiger partial charge in [-0.3, -0.25) is 9.59 Å². The Morgan fingerprint density at radius 1 is 1.29 bits per heavy atom. The van der Waals surface area contributed by atoms with Gasteiger partial charge in [-0.05, 0) is 19.8 Å². The highest BCUT2D eigenvalue weighted by molar-refractivity contribution is 5.77. The van der Waals surface area contributed by atoms with Gasteiger partial charge in [0.1, 0.15) is 0 Å². The van der Waals surface area contributed by atoms with Crippen LogP contribution in [0.3, 0.4) is 0 Å². The van der Waals surface area contributed by atoms with Crippen molar-refractivity contribution in [2.75, 3.05) is 0 Å². The molecule has 0 atom stereocenters.